The smallest absolute Gasteiger partial charge is 0.277 e. The van der Waals surface area contributed by atoms with Crippen LogP contribution in [0.25, 0.3) is 11.0 Å². The topological polar surface area (TPSA) is 87.9 Å². The first-order valence-electron chi connectivity index (χ1n) is 7.88. The van der Waals surface area contributed by atoms with Crippen LogP contribution in [0, 0.1) is 6.92 Å². The predicted octanol–water partition coefficient (Wildman–Crippen LogP) is 2.71. The van der Waals surface area contributed by atoms with Gasteiger partial charge in [-0.15, -0.1) is 10.2 Å². The molecule has 3 aromatic rings. The number of fused-ring (bicyclic) bond motifs is 1. The van der Waals surface area contributed by atoms with Gasteiger partial charge in [-0.3, -0.25) is 4.79 Å². The Morgan fingerprint density at radius 1 is 1.42 bits per heavy atom. The molecule has 1 atom stereocenters. The van der Waals surface area contributed by atoms with Gasteiger partial charge in [-0.2, -0.15) is 0 Å². The normalized spacial score (nSPS) is 17.7. The van der Waals surface area contributed by atoms with Crippen LogP contribution in [0.3, 0.4) is 0 Å². The summed E-state index contributed by atoms with van der Waals surface area (Å²) in [6, 6.07) is 7.93. The van der Waals surface area contributed by atoms with Crippen LogP contribution in [-0.4, -0.2) is 43.3 Å². The lowest BCUT2D eigenvalue weighted by Crippen LogP contribution is -2.32. The van der Waals surface area contributed by atoms with Gasteiger partial charge in [0.2, 0.25) is 11.8 Å². The van der Waals surface area contributed by atoms with E-state index in [1.165, 1.54) is 11.8 Å². The zero-order valence-corrected chi connectivity index (χ0v) is 14.0. The minimum absolute atomic E-state index is 0.00919. The van der Waals surface area contributed by atoms with Crippen LogP contribution in [0.2, 0.25) is 0 Å². The van der Waals surface area contributed by atoms with Crippen LogP contribution in [0.5, 0.6) is 0 Å². The third-order valence-corrected chi connectivity index (χ3v) is 4.93. The average molecular weight is 343 g/mol. The number of rotatable bonds is 4. The number of imidazole rings is 1. The number of carbonyl (C=O) groups is 1. The maximum absolute atomic E-state index is 12.6. The number of aryl methyl sites for hydroxylation is 1. The maximum Gasteiger partial charge on any atom is 0.277 e. The fourth-order valence-corrected chi connectivity index (χ4v) is 3.71. The summed E-state index contributed by atoms with van der Waals surface area (Å²) in [7, 11) is 0. The van der Waals surface area contributed by atoms with Gasteiger partial charge in [-0.05, 0) is 25.0 Å². The molecule has 0 unspecified atom stereocenters. The van der Waals surface area contributed by atoms with Crippen molar-refractivity contribution in [3.8, 4) is 0 Å². The van der Waals surface area contributed by atoms with Crippen molar-refractivity contribution in [2.45, 2.75) is 31.0 Å². The third-order valence-electron chi connectivity index (χ3n) is 4.12. The van der Waals surface area contributed by atoms with E-state index >= 15 is 0 Å². The Balaban J connectivity index is 1.48. The van der Waals surface area contributed by atoms with E-state index in [-0.39, 0.29) is 11.9 Å². The van der Waals surface area contributed by atoms with Gasteiger partial charge in [0, 0.05) is 13.5 Å². The monoisotopic (exact) mass is 343 g/mol. The van der Waals surface area contributed by atoms with E-state index in [2.05, 4.69) is 20.2 Å². The summed E-state index contributed by atoms with van der Waals surface area (Å²) in [6.07, 6.45) is 1.91. The lowest BCUT2D eigenvalue weighted by Gasteiger charge is -2.22. The van der Waals surface area contributed by atoms with Crippen LogP contribution in [0.15, 0.2) is 33.9 Å². The first-order chi connectivity index (χ1) is 11.7. The van der Waals surface area contributed by atoms with Crippen molar-refractivity contribution >= 4 is 28.7 Å². The predicted molar refractivity (Wildman–Crippen MR) is 89.5 cm³/mol. The molecule has 124 valence electrons. The SMILES string of the molecule is Cc1nnc(SCC(=O)N2CCC[C@H]2c2nc3ccccc3[nH]2)o1. The first-order valence-corrected chi connectivity index (χ1v) is 8.86. The molecule has 3 heterocycles. The summed E-state index contributed by atoms with van der Waals surface area (Å²) in [4.78, 5) is 22.5. The molecule has 1 amide bonds. The highest BCUT2D eigenvalue weighted by Crippen LogP contribution is 2.32. The van der Waals surface area contributed by atoms with Gasteiger partial charge in [0.15, 0.2) is 0 Å². The maximum atomic E-state index is 12.6. The second-order valence-corrected chi connectivity index (χ2v) is 6.69. The molecule has 0 saturated carbocycles. The standard InChI is InChI=1S/C16H17N5O2S/c1-10-19-20-16(23-10)24-9-14(22)21-8-4-7-13(21)15-17-11-5-2-3-6-12(11)18-15/h2-3,5-6,13H,4,7-9H2,1H3,(H,17,18)/t13-/m0/s1. The molecule has 1 saturated heterocycles. The zero-order chi connectivity index (χ0) is 16.5. The molecule has 1 aliphatic rings. The minimum Gasteiger partial charge on any atom is -0.416 e. The largest absolute Gasteiger partial charge is 0.416 e. The number of carbonyl (C=O) groups excluding carboxylic acids is 1. The minimum atomic E-state index is 0.00919. The van der Waals surface area contributed by atoms with Crippen LogP contribution >= 0.6 is 11.8 Å². The summed E-state index contributed by atoms with van der Waals surface area (Å²) in [5, 5.41) is 8.11. The quantitative estimate of drug-likeness (QED) is 0.733. The van der Waals surface area contributed by atoms with E-state index in [0.29, 0.717) is 16.9 Å². The second-order valence-electron chi connectivity index (χ2n) is 5.76. The van der Waals surface area contributed by atoms with E-state index in [1.807, 2.05) is 29.2 Å². The molecule has 4 rings (SSSR count). The number of aromatic nitrogens is 4. The fraction of sp³-hybridized carbons (Fsp3) is 0.375. The fourth-order valence-electron chi connectivity index (χ4n) is 3.02. The number of para-hydroxylation sites is 2. The molecule has 24 heavy (non-hydrogen) atoms. The second kappa shape index (κ2) is 6.27. The number of nitrogens with zero attached hydrogens (tertiary/aromatic N) is 4. The molecule has 0 aliphatic carbocycles. The molecule has 0 radical (unpaired) electrons. The van der Waals surface area contributed by atoms with Crippen molar-refractivity contribution in [3.05, 3.63) is 36.0 Å². The van der Waals surface area contributed by atoms with E-state index < -0.39 is 0 Å². The van der Waals surface area contributed by atoms with Gasteiger partial charge in [0.25, 0.3) is 5.22 Å². The molecule has 1 fully saturated rings. The van der Waals surface area contributed by atoms with Crippen LogP contribution in [0.4, 0.5) is 0 Å². The summed E-state index contributed by atoms with van der Waals surface area (Å²) in [5.41, 5.74) is 1.94. The van der Waals surface area contributed by atoms with Gasteiger partial charge < -0.3 is 14.3 Å². The number of aromatic amines is 1. The lowest BCUT2D eigenvalue weighted by molar-refractivity contribution is -0.129. The van der Waals surface area contributed by atoms with E-state index in [9.17, 15) is 4.79 Å². The Hall–Kier alpha value is -2.35. The van der Waals surface area contributed by atoms with Gasteiger partial charge >= 0.3 is 0 Å². The Morgan fingerprint density at radius 2 is 2.29 bits per heavy atom. The number of amides is 1. The highest BCUT2D eigenvalue weighted by Gasteiger charge is 2.32. The highest BCUT2D eigenvalue weighted by atomic mass is 32.2. The van der Waals surface area contributed by atoms with Crippen molar-refractivity contribution in [1.29, 1.82) is 0 Å². The highest BCUT2D eigenvalue weighted by molar-refractivity contribution is 7.99. The molecule has 7 nitrogen and oxygen atoms in total. The number of hydrogen-bond acceptors (Lipinski definition) is 6. The first kappa shape index (κ1) is 15.2. The number of likely N-dealkylation sites (tertiary alicyclic amines) is 1. The Morgan fingerprint density at radius 3 is 3.08 bits per heavy atom. The lowest BCUT2D eigenvalue weighted by atomic mass is 10.2. The average Bonchev–Trinajstić information content (AvgIpc) is 3.30. The number of thioether (sulfide) groups is 1. The summed E-state index contributed by atoms with van der Waals surface area (Å²) < 4.78 is 5.30. The van der Waals surface area contributed by atoms with Crippen molar-refractivity contribution < 1.29 is 9.21 Å². The van der Waals surface area contributed by atoms with Gasteiger partial charge in [0.1, 0.15) is 5.82 Å². The molecule has 0 spiro atoms. The summed E-state index contributed by atoms with van der Waals surface area (Å²) in [5.74, 6) is 1.73. The number of hydrogen-bond donors (Lipinski definition) is 1. The van der Waals surface area contributed by atoms with E-state index in [1.54, 1.807) is 6.92 Å². The van der Waals surface area contributed by atoms with E-state index in [4.69, 9.17) is 4.42 Å². The molecule has 1 N–H and O–H groups in total. The van der Waals surface area contributed by atoms with E-state index in [0.717, 1.165) is 36.2 Å². The Bertz CT molecular complexity index is 841. The van der Waals surface area contributed by atoms with Crippen molar-refractivity contribution in [2.24, 2.45) is 0 Å². The molecule has 2 aromatic heterocycles. The number of H-pyrrole nitrogens is 1. The molecule has 1 aromatic carbocycles. The van der Waals surface area contributed by atoms with Crippen molar-refractivity contribution in [1.82, 2.24) is 25.1 Å². The van der Waals surface area contributed by atoms with Crippen molar-refractivity contribution in [2.75, 3.05) is 12.3 Å². The third kappa shape index (κ3) is 2.89. The molecular weight excluding hydrogens is 326 g/mol. The van der Waals surface area contributed by atoms with Crippen LogP contribution in [0.1, 0.15) is 30.6 Å². The van der Waals surface area contributed by atoms with Crippen LogP contribution in [-0.2, 0) is 4.79 Å². The van der Waals surface area contributed by atoms with Gasteiger partial charge in [0.05, 0.1) is 22.8 Å². The molecule has 8 heteroatoms. The zero-order valence-electron chi connectivity index (χ0n) is 13.2. The Labute approximate surface area is 142 Å². The number of nitrogens with one attached hydrogen (secondary N) is 1. The number of benzene rings is 1. The summed E-state index contributed by atoms with van der Waals surface area (Å²) >= 11 is 1.28. The van der Waals surface area contributed by atoms with Gasteiger partial charge in [-0.1, -0.05) is 23.9 Å². The molecule has 1 aliphatic heterocycles. The van der Waals surface area contributed by atoms with Crippen molar-refractivity contribution in [3.63, 3.8) is 0 Å². The molecular formula is C16H17N5O2S. The van der Waals surface area contributed by atoms with Crippen LogP contribution < -0.4 is 0 Å². The summed E-state index contributed by atoms with van der Waals surface area (Å²) in [6.45, 7) is 2.49. The van der Waals surface area contributed by atoms with Gasteiger partial charge in [-0.25, -0.2) is 4.98 Å². The Kier molecular flexibility index (Phi) is 3.97. The molecule has 0 bridgehead atoms.